The zero-order valence-corrected chi connectivity index (χ0v) is 39.2. The SMILES string of the molecule is CCC[Si](C)=[Zr+2].Cc1cc(C)cc(-c2cccc3[cH-]c(C(C)(C)C)c(C)c23)c1.Cc1cc(C)cc(-c2cccc3[cH-]c(C(C)(C)C)c(C)c23)c1.[Cl-].[Cl-]. The average molecular weight is 827 g/mol. The van der Waals surface area contributed by atoms with E-state index in [9.17, 15) is 0 Å². The average Bonchev–Trinajstić information content (AvgIpc) is 3.54. The molecule has 0 atom stereocenters. The van der Waals surface area contributed by atoms with Crippen molar-refractivity contribution in [3.8, 4) is 22.3 Å². The van der Waals surface area contributed by atoms with Crippen molar-refractivity contribution in [2.45, 2.75) is 120 Å². The van der Waals surface area contributed by atoms with Crippen LogP contribution in [0.2, 0.25) is 12.6 Å². The van der Waals surface area contributed by atoms with Crippen LogP contribution in [0, 0.1) is 41.5 Å². The first-order valence-corrected chi connectivity index (χ1v) is 24.3. The van der Waals surface area contributed by atoms with Gasteiger partial charge in [0.25, 0.3) is 0 Å². The van der Waals surface area contributed by atoms with E-state index in [2.05, 4.69) is 181 Å². The molecule has 0 aromatic heterocycles. The first-order valence-electron chi connectivity index (χ1n) is 18.4. The second-order valence-corrected chi connectivity index (χ2v) is 25.0. The topological polar surface area (TPSA) is 0 Å². The molecule has 0 bridgehead atoms. The molecule has 0 saturated heterocycles. The van der Waals surface area contributed by atoms with E-state index in [1.54, 1.807) is 23.3 Å². The van der Waals surface area contributed by atoms with Gasteiger partial charge in [0.2, 0.25) is 0 Å². The summed E-state index contributed by atoms with van der Waals surface area (Å²) in [6, 6.07) is 33.3. The fourth-order valence-electron chi connectivity index (χ4n) is 7.69. The molecule has 4 heteroatoms. The van der Waals surface area contributed by atoms with Gasteiger partial charge in [-0.15, -0.1) is 69.1 Å². The van der Waals surface area contributed by atoms with Gasteiger partial charge in [0, 0.05) is 0 Å². The number of hydrogen-bond acceptors (Lipinski definition) is 0. The Bertz CT molecular complexity index is 1940. The van der Waals surface area contributed by atoms with Crippen molar-refractivity contribution in [3.05, 3.63) is 129 Å². The number of aryl methyl sites for hydroxylation is 6. The zero-order valence-electron chi connectivity index (χ0n) is 34.3. The van der Waals surface area contributed by atoms with Crippen molar-refractivity contribution >= 4 is 27.0 Å². The Kier molecular flexibility index (Phi) is 16.7. The van der Waals surface area contributed by atoms with Gasteiger partial charge in [-0.1, -0.05) is 137 Å². The molecule has 6 aromatic carbocycles. The van der Waals surface area contributed by atoms with Crippen LogP contribution < -0.4 is 24.8 Å². The minimum absolute atomic E-state index is 0. The van der Waals surface area contributed by atoms with Crippen molar-refractivity contribution in [2.75, 3.05) is 0 Å². The van der Waals surface area contributed by atoms with Gasteiger partial charge in [0.05, 0.1) is 0 Å². The molecule has 0 spiro atoms. The molecule has 0 aliphatic heterocycles. The maximum absolute atomic E-state index is 2.40. The Morgan fingerprint density at radius 3 is 1.13 bits per heavy atom. The summed E-state index contributed by atoms with van der Waals surface area (Å²) in [6.45, 7) is 31.7. The Labute approximate surface area is 344 Å². The van der Waals surface area contributed by atoms with E-state index >= 15 is 0 Å². The molecule has 0 aliphatic carbocycles. The molecule has 0 unspecified atom stereocenters. The van der Waals surface area contributed by atoms with Crippen molar-refractivity contribution in [1.82, 2.24) is 0 Å². The van der Waals surface area contributed by atoms with Gasteiger partial charge in [-0.3, -0.25) is 0 Å². The van der Waals surface area contributed by atoms with Crippen LogP contribution in [-0.2, 0) is 34.2 Å². The van der Waals surface area contributed by atoms with Gasteiger partial charge in [-0.25, -0.2) is 0 Å². The number of fused-ring (bicyclic) bond motifs is 2. The molecule has 6 rings (SSSR count). The molecule has 276 valence electrons. The van der Waals surface area contributed by atoms with E-state index in [1.165, 1.54) is 101 Å². The molecular formula is C48H60Cl2SiZr-2. The Hall–Kier alpha value is -2.22. The molecule has 0 aliphatic rings. The third kappa shape index (κ3) is 11.2. The van der Waals surface area contributed by atoms with Crippen molar-refractivity contribution < 1.29 is 48.1 Å². The number of hydrogen-bond donors (Lipinski definition) is 0. The van der Waals surface area contributed by atoms with Crippen LogP contribution >= 0.6 is 0 Å². The first-order chi connectivity index (χ1) is 23.3. The molecule has 0 nitrogen and oxygen atoms in total. The summed E-state index contributed by atoms with van der Waals surface area (Å²) in [5, 5.41) is 5.55. The first kappa shape index (κ1) is 45.9. The summed E-state index contributed by atoms with van der Waals surface area (Å²) in [5.41, 5.74) is 17.0. The van der Waals surface area contributed by atoms with Crippen molar-refractivity contribution in [3.63, 3.8) is 0 Å². The maximum Gasteiger partial charge on any atom is -0.0274 e. The molecule has 52 heavy (non-hydrogen) atoms. The van der Waals surface area contributed by atoms with E-state index in [0.29, 0.717) is 0 Å². The maximum atomic E-state index is 2.40. The number of benzene rings is 4. The largest absolute Gasteiger partial charge is 1.00 e. The summed E-state index contributed by atoms with van der Waals surface area (Å²) < 4.78 is 0. The fourth-order valence-corrected chi connectivity index (χ4v) is 10.3. The van der Waals surface area contributed by atoms with E-state index < -0.39 is 0 Å². The third-order valence-electron chi connectivity index (χ3n) is 9.66. The molecular weight excluding hydrogens is 767 g/mol. The number of halogens is 2. The van der Waals surface area contributed by atoms with Crippen LogP contribution in [0.3, 0.4) is 0 Å². The van der Waals surface area contributed by atoms with Gasteiger partial charge >= 0.3 is 54.7 Å². The predicted octanol–water partition coefficient (Wildman–Crippen LogP) is 8.47. The molecule has 6 aromatic rings. The van der Waals surface area contributed by atoms with Crippen LogP contribution in [-0.4, -0.2) is 5.43 Å². The van der Waals surface area contributed by atoms with E-state index in [-0.39, 0.29) is 41.1 Å². The summed E-state index contributed by atoms with van der Waals surface area (Å²) in [5.74, 6) is 0. The van der Waals surface area contributed by atoms with Crippen LogP contribution in [0.4, 0.5) is 0 Å². The Morgan fingerprint density at radius 1 is 0.558 bits per heavy atom. The van der Waals surface area contributed by atoms with E-state index in [1.807, 2.05) is 0 Å². The minimum atomic E-state index is 0. The van der Waals surface area contributed by atoms with Crippen molar-refractivity contribution in [1.29, 1.82) is 0 Å². The molecule has 0 fully saturated rings. The molecule has 0 radical (unpaired) electrons. The Morgan fingerprint density at radius 2 is 0.885 bits per heavy atom. The zero-order chi connectivity index (χ0) is 37.1. The van der Waals surface area contributed by atoms with Crippen molar-refractivity contribution in [2.24, 2.45) is 0 Å². The molecule has 0 heterocycles. The summed E-state index contributed by atoms with van der Waals surface area (Å²) in [6.07, 6.45) is 1.40. The monoisotopic (exact) mass is 824 g/mol. The van der Waals surface area contributed by atoms with Gasteiger partial charge < -0.3 is 24.8 Å². The second-order valence-electron chi connectivity index (χ2n) is 16.7. The number of rotatable bonds is 4. The molecule has 0 amide bonds. The van der Waals surface area contributed by atoms with Gasteiger partial charge in [-0.2, -0.15) is 11.1 Å². The quantitative estimate of drug-likeness (QED) is 0.124. The fraction of sp³-hybridized carbons (Fsp3) is 0.375. The third-order valence-corrected chi connectivity index (χ3v) is 12.8. The van der Waals surface area contributed by atoms with Crippen LogP contribution in [0.5, 0.6) is 0 Å². The standard InChI is InChI=1S/2C22H25.C4H10Si.2ClH.Zr/c2*1-14-10-15(2)12-18(11-14)19-9-7-8-17-13-20(22(4,5)6)16(3)21(17)19;1-3-4-5-2;;;/h2*7-13H,1-6H3;3-4H2,1-2H3;2*1H;/q2*-1;;;;+2/p-2. The smallest absolute Gasteiger partial charge is 0.0274 e. The van der Waals surface area contributed by atoms with Gasteiger partial charge in [-0.05, 0) is 49.7 Å². The van der Waals surface area contributed by atoms with Crippen LogP contribution in [0.1, 0.15) is 99.4 Å². The summed E-state index contributed by atoms with van der Waals surface area (Å²) in [7, 11) is 0. The van der Waals surface area contributed by atoms with Crippen LogP contribution in [0.15, 0.2) is 84.9 Å². The minimum Gasteiger partial charge on any atom is -1.00 e. The summed E-state index contributed by atoms with van der Waals surface area (Å²) in [4.78, 5) is 0. The molecule has 0 saturated carbocycles. The normalized spacial score (nSPS) is 11.2. The summed E-state index contributed by atoms with van der Waals surface area (Å²) >= 11 is 1.79. The second kappa shape index (κ2) is 18.9. The van der Waals surface area contributed by atoms with E-state index in [4.69, 9.17) is 0 Å². The molecule has 0 N–H and O–H groups in total. The predicted molar refractivity (Wildman–Crippen MR) is 222 cm³/mol. The van der Waals surface area contributed by atoms with Gasteiger partial charge in [0.15, 0.2) is 0 Å². The van der Waals surface area contributed by atoms with Gasteiger partial charge in [0.1, 0.15) is 0 Å². The van der Waals surface area contributed by atoms with Crippen LogP contribution in [0.25, 0.3) is 43.8 Å². The van der Waals surface area contributed by atoms with E-state index in [0.717, 1.165) is 0 Å². The Balaban J connectivity index is 0.000000302.